The minimum absolute atomic E-state index is 0.252. The summed E-state index contributed by atoms with van der Waals surface area (Å²) in [4.78, 5) is 11.9. The third-order valence-corrected chi connectivity index (χ3v) is 3.47. The molecule has 0 aromatic rings. The minimum Gasteiger partial charge on any atom is -0.378 e. The van der Waals surface area contributed by atoms with E-state index in [0.717, 1.165) is 19.4 Å². The van der Waals surface area contributed by atoms with Crippen LogP contribution >= 0.6 is 0 Å². The van der Waals surface area contributed by atoms with Gasteiger partial charge in [-0.15, -0.1) is 0 Å². The Hall–Kier alpha value is -0.410. The number of carbonyl (C=O) groups excluding carboxylic acids is 1. The molecule has 1 aliphatic carbocycles. The fraction of sp³-hybridized carbons (Fsp3) is 0.917. The van der Waals surface area contributed by atoms with Crippen LogP contribution in [0.25, 0.3) is 0 Å². The molecule has 86 valence electrons. The van der Waals surface area contributed by atoms with Crippen molar-refractivity contribution in [3.63, 3.8) is 0 Å². The molecular weight excluding hydrogens is 190 g/mol. The van der Waals surface area contributed by atoms with Crippen LogP contribution in [0, 0.1) is 5.92 Å². The quantitative estimate of drug-likeness (QED) is 0.769. The average Bonchev–Trinajstić information content (AvgIpc) is 2.70. The number of nitrogens with one attached hydrogen (secondary N) is 1. The van der Waals surface area contributed by atoms with E-state index >= 15 is 0 Å². The molecule has 0 aromatic carbocycles. The SMILES string of the molecule is CC1COCC(CC(=O)C2CCCC2)N1. The first-order chi connectivity index (χ1) is 7.25. The second-order valence-electron chi connectivity index (χ2n) is 4.95. The number of rotatable bonds is 3. The summed E-state index contributed by atoms with van der Waals surface area (Å²) >= 11 is 0. The summed E-state index contributed by atoms with van der Waals surface area (Å²) in [6.07, 6.45) is 5.36. The van der Waals surface area contributed by atoms with Crippen molar-refractivity contribution in [1.82, 2.24) is 5.32 Å². The topological polar surface area (TPSA) is 38.3 Å². The summed E-state index contributed by atoms with van der Waals surface area (Å²) in [6, 6.07) is 0.641. The van der Waals surface area contributed by atoms with Crippen LogP contribution < -0.4 is 5.32 Å². The van der Waals surface area contributed by atoms with E-state index in [1.807, 2.05) is 0 Å². The molecule has 0 bridgehead atoms. The fourth-order valence-electron chi connectivity index (χ4n) is 2.66. The normalized spacial score (nSPS) is 33.1. The van der Waals surface area contributed by atoms with Crippen LogP contribution in [0.3, 0.4) is 0 Å². The Balaban J connectivity index is 1.77. The molecule has 0 spiro atoms. The van der Waals surface area contributed by atoms with Gasteiger partial charge in [-0.3, -0.25) is 4.79 Å². The van der Waals surface area contributed by atoms with E-state index in [9.17, 15) is 4.79 Å². The molecule has 0 amide bonds. The fourth-order valence-corrected chi connectivity index (χ4v) is 2.66. The molecular formula is C12H21NO2. The number of morpholine rings is 1. The molecule has 1 saturated carbocycles. The summed E-state index contributed by atoms with van der Waals surface area (Å²) in [7, 11) is 0. The summed E-state index contributed by atoms with van der Waals surface area (Å²) < 4.78 is 5.44. The largest absolute Gasteiger partial charge is 0.378 e. The van der Waals surface area contributed by atoms with Gasteiger partial charge in [-0.1, -0.05) is 12.8 Å². The van der Waals surface area contributed by atoms with Gasteiger partial charge in [0.25, 0.3) is 0 Å². The number of ketones is 1. The predicted molar refractivity (Wildman–Crippen MR) is 58.8 cm³/mol. The number of hydrogen-bond acceptors (Lipinski definition) is 3. The molecule has 1 aliphatic heterocycles. The summed E-state index contributed by atoms with van der Waals surface area (Å²) in [5.41, 5.74) is 0. The first-order valence-corrected chi connectivity index (χ1v) is 6.12. The highest BCUT2D eigenvalue weighted by Gasteiger charge is 2.27. The highest BCUT2D eigenvalue weighted by molar-refractivity contribution is 5.81. The lowest BCUT2D eigenvalue weighted by Crippen LogP contribution is -2.48. The zero-order valence-electron chi connectivity index (χ0n) is 9.50. The molecule has 2 unspecified atom stereocenters. The van der Waals surface area contributed by atoms with Gasteiger partial charge in [0.2, 0.25) is 0 Å². The molecule has 3 heteroatoms. The average molecular weight is 211 g/mol. The second kappa shape index (κ2) is 5.08. The zero-order chi connectivity index (χ0) is 10.7. The lowest BCUT2D eigenvalue weighted by Gasteiger charge is -2.29. The van der Waals surface area contributed by atoms with Gasteiger partial charge in [-0.2, -0.15) is 0 Å². The van der Waals surface area contributed by atoms with Crippen molar-refractivity contribution < 1.29 is 9.53 Å². The molecule has 3 nitrogen and oxygen atoms in total. The van der Waals surface area contributed by atoms with Gasteiger partial charge in [0.15, 0.2) is 0 Å². The maximum absolute atomic E-state index is 11.9. The molecule has 2 fully saturated rings. The highest BCUT2D eigenvalue weighted by atomic mass is 16.5. The third kappa shape index (κ3) is 3.02. The van der Waals surface area contributed by atoms with E-state index in [-0.39, 0.29) is 6.04 Å². The van der Waals surface area contributed by atoms with Gasteiger partial charge < -0.3 is 10.1 Å². The predicted octanol–water partition coefficient (Wildman–Crippen LogP) is 1.51. The van der Waals surface area contributed by atoms with Crippen molar-refractivity contribution in [1.29, 1.82) is 0 Å². The first-order valence-electron chi connectivity index (χ1n) is 6.12. The van der Waals surface area contributed by atoms with Crippen molar-refractivity contribution in [2.45, 2.75) is 51.1 Å². The number of carbonyl (C=O) groups is 1. The monoisotopic (exact) mass is 211 g/mol. The number of Topliss-reactive ketones (excluding diaryl/α,β-unsaturated/α-hetero) is 1. The lowest BCUT2D eigenvalue weighted by molar-refractivity contribution is -0.124. The summed E-state index contributed by atoms with van der Waals surface area (Å²) in [5.74, 6) is 0.798. The third-order valence-electron chi connectivity index (χ3n) is 3.47. The molecule has 15 heavy (non-hydrogen) atoms. The van der Waals surface area contributed by atoms with Crippen molar-refractivity contribution in [3.8, 4) is 0 Å². The van der Waals surface area contributed by atoms with E-state index < -0.39 is 0 Å². The molecule has 1 N–H and O–H groups in total. The van der Waals surface area contributed by atoms with Crippen LogP contribution in [0.1, 0.15) is 39.0 Å². The van der Waals surface area contributed by atoms with Crippen LogP contribution in [0.2, 0.25) is 0 Å². The molecule has 1 saturated heterocycles. The second-order valence-corrected chi connectivity index (χ2v) is 4.95. The molecule has 2 atom stereocenters. The van der Waals surface area contributed by atoms with Gasteiger partial charge in [0, 0.05) is 24.4 Å². The van der Waals surface area contributed by atoms with Gasteiger partial charge in [0.1, 0.15) is 5.78 Å². The van der Waals surface area contributed by atoms with Gasteiger partial charge in [0.05, 0.1) is 13.2 Å². The Morgan fingerprint density at radius 2 is 2.07 bits per heavy atom. The lowest BCUT2D eigenvalue weighted by atomic mass is 9.96. The molecule has 0 aromatic heterocycles. The van der Waals surface area contributed by atoms with E-state index in [0.29, 0.717) is 30.8 Å². The van der Waals surface area contributed by atoms with E-state index in [2.05, 4.69) is 12.2 Å². The number of hydrogen-bond donors (Lipinski definition) is 1. The minimum atomic E-state index is 0.252. The van der Waals surface area contributed by atoms with E-state index in [4.69, 9.17) is 4.74 Å². The molecule has 2 rings (SSSR count). The Kier molecular flexibility index (Phi) is 3.76. The van der Waals surface area contributed by atoms with Crippen LogP contribution in [-0.4, -0.2) is 31.1 Å². The highest BCUT2D eigenvalue weighted by Crippen LogP contribution is 2.27. The van der Waals surface area contributed by atoms with E-state index in [1.54, 1.807) is 0 Å². The number of ether oxygens (including phenoxy) is 1. The maximum atomic E-state index is 11.9. The van der Waals surface area contributed by atoms with Crippen molar-refractivity contribution in [3.05, 3.63) is 0 Å². The van der Waals surface area contributed by atoms with Gasteiger partial charge in [-0.05, 0) is 19.8 Å². The van der Waals surface area contributed by atoms with Crippen molar-refractivity contribution in [2.75, 3.05) is 13.2 Å². The smallest absolute Gasteiger partial charge is 0.137 e. The Morgan fingerprint density at radius 3 is 2.73 bits per heavy atom. The Bertz CT molecular complexity index is 224. The van der Waals surface area contributed by atoms with Crippen molar-refractivity contribution in [2.24, 2.45) is 5.92 Å². The molecule has 2 aliphatic rings. The van der Waals surface area contributed by atoms with Crippen LogP contribution in [-0.2, 0) is 9.53 Å². The molecule has 0 radical (unpaired) electrons. The van der Waals surface area contributed by atoms with Gasteiger partial charge in [-0.25, -0.2) is 0 Å². The molecule has 1 heterocycles. The summed E-state index contributed by atoms with van der Waals surface area (Å²) in [5, 5.41) is 3.42. The summed E-state index contributed by atoms with van der Waals surface area (Å²) in [6.45, 7) is 3.57. The standard InChI is InChI=1S/C12H21NO2/c1-9-7-15-8-11(13-9)6-12(14)10-4-2-3-5-10/h9-11,13H,2-8H2,1H3. The van der Waals surface area contributed by atoms with Crippen LogP contribution in [0.15, 0.2) is 0 Å². The Morgan fingerprint density at radius 1 is 1.33 bits per heavy atom. The van der Waals surface area contributed by atoms with Crippen LogP contribution in [0.5, 0.6) is 0 Å². The van der Waals surface area contributed by atoms with Gasteiger partial charge >= 0.3 is 0 Å². The van der Waals surface area contributed by atoms with Crippen molar-refractivity contribution >= 4 is 5.78 Å². The van der Waals surface area contributed by atoms with Crippen LogP contribution in [0.4, 0.5) is 0 Å². The maximum Gasteiger partial charge on any atom is 0.137 e. The zero-order valence-corrected chi connectivity index (χ0v) is 9.50. The Labute approximate surface area is 91.6 Å². The van der Waals surface area contributed by atoms with E-state index in [1.165, 1.54) is 12.8 Å². The first kappa shape index (κ1) is 11.1.